The molecule has 2 rings (SSSR count). The SMILES string of the molecule is CCCNC(=O)c1ccc(Cl)cc1NC(=O)[C@H]1CCN[C@@H](C)C1.Cl. The summed E-state index contributed by atoms with van der Waals surface area (Å²) in [6.45, 7) is 5.49. The van der Waals surface area contributed by atoms with E-state index in [4.69, 9.17) is 11.6 Å². The second-order valence-electron chi connectivity index (χ2n) is 6.01. The third-order valence-electron chi connectivity index (χ3n) is 4.01. The number of carbonyl (C=O) groups excluding carboxylic acids is 2. The molecule has 0 saturated carbocycles. The predicted octanol–water partition coefficient (Wildman–Crippen LogP) is 3.23. The molecule has 0 aromatic heterocycles. The quantitative estimate of drug-likeness (QED) is 0.741. The van der Waals surface area contributed by atoms with E-state index in [1.807, 2.05) is 6.92 Å². The minimum atomic E-state index is -0.197. The molecule has 0 bridgehead atoms. The molecule has 0 spiro atoms. The number of carbonyl (C=O) groups is 2. The summed E-state index contributed by atoms with van der Waals surface area (Å²) in [4.78, 5) is 24.7. The zero-order valence-electron chi connectivity index (χ0n) is 14.0. The van der Waals surface area contributed by atoms with Gasteiger partial charge in [0.1, 0.15) is 0 Å². The Labute approximate surface area is 154 Å². The molecule has 134 valence electrons. The molecule has 1 fully saturated rings. The van der Waals surface area contributed by atoms with Gasteiger partial charge in [0, 0.05) is 23.5 Å². The van der Waals surface area contributed by atoms with Gasteiger partial charge in [-0.25, -0.2) is 0 Å². The molecule has 3 N–H and O–H groups in total. The molecule has 0 aliphatic carbocycles. The van der Waals surface area contributed by atoms with Gasteiger partial charge in [-0.2, -0.15) is 0 Å². The summed E-state index contributed by atoms with van der Waals surface area (Å²) in [6, 6.07) is 5.26. The van der Waals surface area contributed by atoms with Gasteiger partial charge in [-0.05, 0) is 50.9 Å². The zero-order chi connectivity index (χ0) is 16.8. The number of piperidine rings is 1. The number of hydrogen-bond acceptors (Lipinski definition) is 3. The number of anilines is 1. The van der Waals surface area contributed by atoms with E-state index in [0.717, 1.165) is 25.8 Å². The van der Waals surface area contributed by atoms with Crippen LogP contribution in [0, 0.1) is 5.92 Å². The van der Waals surface area contributed by atoms with E-state index in [2.05, 4.69) is 22.9 Å². The molecule has 7 heteroatoms. The number of hydrogen-bond donors (Lipinski definition) is 3. The van der Waals surface area contributed by atoms with Crippen LogP contribution >= 0.6 is 24.0 Å². The van der Waals surface area contributed by atoms with Crippen molar-refractivity contribution in [2.75, 3.05) is 18.4 Å². The van der Waals surface area contributed by atoms with Crippen molar-refractivity contribution in [1.82, 2.24) is 10.6 Å². The number of amides is 2. The van der Waals surface area contributed by atoms with Crippen molar-refractivity contribution in [1.29, 1.82) is 0 Å². The van der Waals surface area contributed by atoms with Gasteiger partial charge in [-0.15, -0.1) is 12.4 Å². The van der Waals surface area contributed by atoms with Crippen LogP contribution in [0.2, 0.25) is 5.02 Å². The van der Waals surface area contributed by atoms with Crippen LogP contribution in [-0.2, 0) is 4.79 Å². The predicted molar refractivity (Wildman–Crippen MR) is 100 cm³/mol. The van der Waals surface area contributed by atoms with Crippen LogP contribution in [0.3, 0.4) is 0 Å². The van der Waals surface area contributed by atoms with Crippen LogP contribution in [-0.4, -0.2) is 30.9 Å². The van der Waals surface area contributed by atoms with Gasteiger partial charge >= 0.3 is 0 Å². The average molecular weight is 374 g/mol. The van der Waals surface area contributed by atoms with Gasteiger partial charge in [-0.3, -0.25) is 9.59 Å². The monoisotopic (exact) mass is 373 g/mol. The highest BCUT2D eigenvalue weighted by molar-refractivity contribution is 6.31. The number of halogens is 2. The fourth-order valence-corrected chi connectivity index (χ4v) is 2.93. The van der Waals surface area contributed by atoms with Gasteiger partial charge < -0.3 is 16.0 Å². The lowest BCUT2D eigenvalue weighted by Crippen LogP contribution is -2.40. The van der Waals surface area contributed by atoms with Crippen molar-refractivity contribution in [2.45, 2.75) is 39.2 Å². The van der Waals surface area contributed by atoms with Crippen molar-refractivity contribution in [2.24, 2.45) is 5.92 Å². The van der Waals surface area contributed by atoms with Gasteiger partial charge in [0.15, 0.2) is 0 Å². The fourth-order valence-electron chi connectivity index (χ4n) is 2.76. The Bertz CT molecular complexity index is 581. The van der Waals surface area contributed by atoms with Crippen LogP contribution in [0.4, 0.5) is 5.69 Å². The lowest BCUT2D eigenvalue weighted by molar-refractivity contribution is -0.120. The highest BCUT2D eigenvalue weighted by Crippen LogP contribution is 2.24. The lowest BCUT2D eigenvalue weighted by Gasteiger charge is -2.27. The van der Waals surface area contributed by atoms with Crippen LogP contribution in [0.1, 0.15) is 43.5 Å². The van der Waals surface area contributed by atoms with Crippen LogP contribution in [0.25, 0.3) is 0 Å². The van der Waals surface area contributed by atoms with E-state index >= 15 is 0 Å². The minimum absolute atomic E-state index is 0. The second kappa shape index (κ2) is 9.87. The molecule has 5 nitrogen and oxygen atoms in total. The smallest absolute Gasteiger partial charge is 0.253 e. The summed E-state index contributed by atoms with van der Waals surface area (Å²) >= 11 is 6.03. The maximum Gasteiger partial charge on any atom is 0.253 e. The molecular weight excluding hydrogens is 349 g/mol. The van der Waals surface area contributed by atoms with Crippen molar-refractivity contribution in [3.8, 4) is 0 Å². The first-order valence-corrected chi connectivity index (χ1v) is 8.51. The van der Waals surface area contributed by atoms with Crippen molar-refractivity contribution >= 4 is 41.5 Å². The van der Waals surface area contributed by atoms with Crippen LogP contribution in [0.15, 0.2) is 18.2 Å². The maximum absolute atomic E-state index is 12.5. The third kappa shape index (κ3) is 5.65. The molecule has 2 atom stereocenters. The Morgan fingerprint density at radius 3 is 2.79 bits per heavy atom. The van der Waals surface area contributed by atoms with Gasteiger partial charge in [0.05, 0.1) is 11.3 Å². The topological polar surface area (TPSA) is 70.2 Å². The van der Waals surface area contributed by atoms with Gasteiger partial charge in [0.25, 0.3) is 5.91 Å². The summed E-state index contributed by atoms with van der Waals surface area (Å²) in [6.07, 6.45) is 2.45. The highest BCUT2D eigenvalue weighted by atomic mass is 35.5. The Hall–Kier alpha value is -1.30. The molecule has 2 amide bonds. The Morgan fingerprint density at radius 2 is 2.12 bits per heavy atom. The standard InChI is InChI=1S/C17H24ClN3O2.ClH/c1-3-7-20-17(23)14-5-4-13(18)10-15(14)21-16(22)12-6-8-19-11(2)9-12;/h4-5,10-12,19H,3,6-9H2,1-2H3,(H,20,23)(H,21,22);1H/t11-,12-;/m0./s1. The summed E-state index contributed by atoms with van der Waals surface area (Å²) in [5.41, 5.74) is 0.917. The first kappa shape index (κ1) is 20.7. The summed E-state index contributed by atoms with van der Waals surface area (Å²) in [7, 11) is 0. The molecule has 1 heterocycles. The number of benzene rings is 1. The van der Waals surface area contributed by atoms with Crippen LogP contribution in [0.5, 0.6) is 0 Å². The van der Waals surface area contributed by atoms with Crippen molar-refractivity contribution in [3.05, 3.63) is 28.8 Å². The first-order valence-electron chi connectivity index (χ1n) is 8.13. The average Bonchev–Trinajstić information content (AvgIpc) is 2.52. The summed E-state index contributed by atoms with van der Waals surface area (Å²) < 4.78 is 0. The molecule has 24 heavy (non-hydrogen) atoms. The summed E-state index contributed by atoms with van der Waals surface area (Å²) in [5.74, 6) is -0.292. The summed E-state index contributed by atoms with van der Waals surface area (Å²) in [5, 5.41) is 9.53. The number of rotatable bonds is 5. The third-order valence-corrected chi connectivity index (χ3v) is 4.25. The van der Waals surface area contributed by atoms with E-state index < -0.39 is 0 Å². The highest BCUT2D eigenvalue weighted by Gasteiger charge is 2.25. The van der Waals surface area contributed by atoms with Gasteiger partial charge in [0.2, 0.25) is 5.91 Å². The number of nitrogens with one attached hydrogen (secondary N) is 3. The first-order chi connectivity index (χ1) is 11.0. The lowest BCUT2D eigenvalue weighted by atomic mass is 9.92. The van der Waals surface area contributed by atoms with Crippen LogP contribution < -0.4 is 16.0 Å². The van der Waals surface area contributed by atoms with Gasteiger partial charge in [-0.1, -0.05) is 18.5 Å². The minimum Gasteiger partial charge on any atom is -0.352 e. The molecule has 0 radical (unpaired) electrons. The van der Waals surface area contributed by atoms with E-state index in [1.165, 1.54) is 0 Å². The Balaban J connectivity index is 0.00000288. The van der Waals surface area contributed by atoms with Crippen molar-refractivity contribution in [3.63, 3.8) is 0 Å². The maximum atomic E-state index is 12.5. The molecule has 1 saturated heterocycles. The Kier molecular flexibility index (Phi) is 8.53. The molecule has 1 aliphatic heterocycles. The molecular formula is C17H25Cl2N3O2. The molecule has 1 aromatic carbocycles. The zero-order valence-corrected chi connectivity index (χ0v) is 15.6. The normalized spacial score (nSPS) is 20.0. The molecule has 1 aliphatic rings. The van der Waals surface area contributed by atoms with E-state index in [0.29, 0.717) is 28.9 Å². The fraction of sp³-hybridized carbons (Fsp3) is 0.529. The van der Waals surface area contributed by atoms with E-state index in [-0.39, 0.29) is 30.1 Å². The largest absolute Gasteiger partial charge is 0.352 e. The molecule has 1 aromatic rings. The van der Waals surface area contributed by atoms with E-state index in [9.17, 15) is 9.59 Å². The van der Waals surface area contributed by atoms with E-state index in [1.54, 1.807) is 18.2 Å². The van der Waals surface area contributed by atoms with Crippen molar-refractivity contribution < 1.29 is 9.59 Å². The second-order valence-corrected chi connectivity index (χ2v) is 6.45. The Morgan fingerprint density at radius 1 is 1.38 bits per heavy atom. The molecule has 0 unspecified atom stereocenters.